The summed E-state index contributed by atoms with van der Waals surface area (Å²) in [6, 6.07) is 4.06. The summed E-state index contributed by atoms with van der Waals surface area (Å²) >= 11 is 11.3. The van der Waals surface area contributed by atoms with Crippen molar-refractivity contribution in [1.82, 2.24) is 4.90 Å². The van der Waals surface area contributed by atoms with Crippen molar-refractivity contribution in [2.75, 3.05) is 32.0 Å². The molecule has 0 aromatic heterocycles. The molecule has 1 aromatic carbocycles. The van der Waals surface area contributed by atoms with Gasteiger partial charge in [-0.3, -0.25) is 14.9 Å². The fourth-order valence-electron chi connectivity index (χ4n) is 1.67. The van der Waals surface area contributed by atoms with Crippen LogP contribution in [0, 0.1) is 10.1 Å². The van der Waals surface area contributed by atoms with Crippen molar-refractivity contribution in [3.8, 4) is 5.75 Å². The zero-order chi connectivity index (χ0) is 15.1. The average molecular weight is 321 g/mol. The molecule has 0 unspecified atom stereocenters. The van der Waals surface area contributed by atoms with E-state index in [0.29, 0.717) is 13.1 Å². The van der Waals surface area contributed by atoms with Crippen molar-refractivity contribution in [1.29, 1.82) is 0 Å². The van der Waals surface area contributed by atoms with E-state index in [1.54, 1.807) is 0 Å². The second kappa shape index (κ2) is 7.91. The lowest BCUT2D eigenvalue weighted by atomic mass is 10.1. The number of ether oxygens (including phenoxy) is 1. The first-order chi connectivity index (χ1) is 9.54. The maximum absolute atomic E-state index is 12.2. The Labute approximate surface area is 126 Å². The topological polar surface area (TPSA) is 72.7 Å². The SMILES string of the molecule is COc1ccc(C(=O)N(CCCl)CCCl)cc1[N+](=O)[O-]. The first-order valence-corrected chi connectivity index (χ1v) is 6.85. The Morgan fingerprint density at radius 1 is 1.35 bits per heavy atom. The number of amides is 1. The van der Waals surface area contributed by atoms with E-state index < -0.39 is 4.92 Å². The van der Waals surface area contributed by atoms with Gasteiger partial charge in [0, 0.05) is 36.5 Å². The molecule has 6 nitrogen and oxygen atoms in total. The van der Waals surface area contributed by atoms with Gasteiger partial charge in [0.25, 0.3) is 5.91 Å². The van der Waals surface area contributed by atoms with Crippen LogP contribution in [0.15, 0.2) is 18.2 Å². The molecule has 110 valence electrons. The zero-order valence-corrected chi connectivity index (χ0v) is 12.4. The van der Waals surface area contributed by atoms with Crippen LogP contribution in [-0.4, -0.2) is 47.7 Å². The predicted octanol–water partition coefficient (Wildman–Crippen LogP) is 2.52. The molecule has 1 rings (SSSR count). The molecule has 0 radical (unpaired) electrons. The van der Waals surface area contributed by atoms with Crippen molar-refractivity contribution in [3.05, 3.63) is 33.9 Å². The highest BCUT2D eigenvalue weighted by Gasteiger charge is 2.21. The van der Waals surface area contributed by atoms with E-state index in [0.717, 1.165) is 0 Å². The molecule has 0 spiro atoms. The van der Waals surface area contributed by atoms with Crippen LogP contribution in [0.2, 0.25) is 0 Å². The van der Waals surface area contributed by atoms with E-state index in [1.807, 2.05) is 0 Å². The molecular formula is C12H14Cl2N2O4. The summed E-state index contributed by atoms with van der Waals surface area (Å²) in [6.07, 6.45) is 0. The first-order valence-electron chi connectivity index (χ1n) is 5.78. The highest BCUT2D eigenvalue weighted by Crippen LogP contribution is 2.28. The maximum Gasteiger partial charge on any atom is 0.311 e. The molecule has 0 atom stereocenters. The molecule has 0 N–H and O–H groups in total. The fourth-order valence-corrected chi connectivity index (χ4v) is 2.08. The molecule has 0 saturated heterocycles. The number of benzene rings is 1. The average Bonchev–Trinajstić information content (AvgIpc) is 2.45. The summed E-state index contributed by atoms with van der Waals surface area (Å²) in [7, 11) is 1.33. The Morgan fingerprint density at radius 2 is 1.95 bits per heavy atom. The lowest BCUT2D eigenvalue weighted by Crippen LogP contribution is -2.34. The standard InChI is InChI=1S/C12H14Cl2N2O4/c1-20-11-3-2-9(8-10(11)16(18)19)12(17)15(6-4-13)7-5-14/h2-3,8H,4-7H2,1H3. The van der Waals surface area contributed by atoms with Crippen LogP contribution in [0.1, 0.15) is 10.4 Å². The number of nitro groups is 1. The van der Waals surface area contributed by atoms with Crippen LogP contribution in [-0.2, 0) is 0 Å². The number of halogens is 2. The van der Waals surface area contributed by atoms with Crippen molar-refractivity contribution >= 4 is 34.8 Å². The van der Waals surface area contributed by atoms with Gasteiger partial charge in [-0.2, -0.15) is 0 Å². The Balaban J connectivity index is 3.08. The van der Waals surface area contributed by atoms with E-state index in [2.05, 4.69) is 0 Å². The number of rotatable bonds is 7. The van der Waals surface area contributed by atoms with E-state index in [1.165, 1.54) is 30.2 Å². The fraction of sp³-hybridized carbons (Fsp3) is 0.417. The Morgan fingerprint density at radius 3 is 2.40 bits per heavy atom. The normalized spacial score (nSPS) is 10.2. The van der Waals surface area contributed by atoms with Crippen LogP contribution in [0.4, 0.5) is 5.69 Å². The lowest BCUT2D eigenvalue weighted by molar-refractivity contribution is -0.385. The summed E-state index contributed by atoms with van der Waals surface area (Å²) < 4.78 is 4.89. The number of hydrogen-bond donors (Lipinski definition) is 0. The minimum absolute atomic E-state index is 0.104. The molecule has 8 heteroatoms. The summed E-state index contributed by atoms with van der Waals surface area (Å²) in [4.78, 5) is 24.0. The molecule has 0 heterocycles. The van der Waals surface area contributed by atoms with E-state index >= 15 is 0 Å². The second-order valence-corrected chi connectivity index (χ2v) is 4.57. The van der Waals surface area contributed by atoms with Gasteiger partial charge >= 0.3 is 5.69 Å². The molecule has 1 amide bonds. The summed E-state index contributed by atoms with van der Waals surface area (Å²) in [5, 5.41) is 10.9. The molecule has 0 aliphatic rings. The summed E-state index contributed by atoms with van der Waals surface area (Å²) in [5.74, 6) is 0.284. The molecule has 0 saturated carbocycles. The Bertz CT molecular complexity index is 490. The second-order valence-electron chi connectivity index (χ2n) is 3.81. The van der Waals surface area contributed by atoms with E-state index in [4.69, 9.17) is 27.9 Å². The van der Waals surface area contributed by atoms with Gasteiger partial charge in [-0.25, -0.2) is 0 Å². The van der Waals surface area contributed by atoms with E-state index in [-0.39, 0.29) is 34.7 Å². The predicted molar refractivity (Wildman–Crippen MR) is 77.0 cm³/mol. The molecule has 0 bridgehead atoms. The van der Waals surface area contributed by atoms with Gasteiger partial charge in [0.1, 0.15) is 0 Å². The highest BCUT2D eigenvalue weighted by molar-refractivity contribution is 6.18. The maximum atomic E-state index is 12.2. The van der Waals surface area contributed by atoms with Gasteiger partial charge < -0.3 is 9.64 Å². The van der Waals surface area contributed by atoms with Crippen LogP contribution < -0.4 is 4.74 Å². The Hall–Kier alpha value is -1.53. The van der Waals surface area contributed by atoms with Crippen molar-refractivity contribution < 1.29 is 14.5 Å². The van der Waals surface area contributed by atoms with Crippen LogP contribution in [0.25, 0.3) is 0 Å². The minimum Gasteiger partial charge on any atom is -0.490 e. The highest BCUT2D eigenvalue weighted by atomic mass is 35.5. The molecule has 1 aromatic rings. The van der Waals surface area contributed by atoms with Crippen molar-refractivity contribution in [2.45, 2.75) is 0 Å². The van der Waals surface area contributed by atoms with Crippen LogP contribution in [0.5, 0.6) is 5.75 Å². The van der Waals surface area contributed by atoms with Crippen LogP contribution in [0.3, 0.4) is 0 Å². The molecule has 0 aliphatic heterocycles. The third kappa shape index (κ3) is 3.98. The summed E-state index contributed by atoms with van der Waals surface area (Å²) in [6.45, 7) is 0.653. The number of nitrogens with zero attached hydrogens (tertiary/aromatic N) is 2. The van der Waals surface area contributed by atoms with Gasteiger partial charge in [0.15, 0.2) is 5.75 Å². The number of carbonyl (C=O) groups excluding carboxylic acids is 1. The minimum atomic E-state index is -0.594. The van der Waals surface area contributed by atoms with Crippen LogP contribution >= 0.6 is 23.2 Å². The first kappa shape index (κ1) is 16.5. The quantitative estimate of drug-likeness (QED) is 0.439. The van der Waals surface area contributed by atoms with Gasteiger partial charge in [-0.15, -0.1) is 23.2 Å². The van der Waals surface area contributed by atoms with Gasteiger partial charge in [0.2, 0.25) is 0 Å². The number of alkyl halides is 2. The molecule has 20 heavy (non-hydrogen) atoms. The molecule has 0 fully saturated rings. The smallest absolute Gasteiger partial charge is 0.311 e. The van der Waals surface area contributed by atoms with Gasteiger partial charge in [-0.1, -0.05) is 0 Å². The molecular weight excluding hydrogens is 307 g/mol. The molecule has 0 aliphatic carbocycles. The van der Waals surface area contributed by atoms with Gasteiger partial charge in [0.05, 0.1) is 12.0 Å². The Kier molecular flexibility index (Phi) is 6.54. The van der Waals surface area contributed by atoms with Crippen molar-refractivity contribution in [2.24, 2.45) is 0 Å². The lowest BCUT2D eigenvalue weighted by Gasteiger charge is -2.20. The zero-order valence-electron chi connectivity index (χ0n) is 10.8. The number of hydrogen-bond acceptors (Lipinski definition) is 4. The monoisotopic (exact) mass is 320 g/mol. The number of nitro benzene ring substituents is 1. The largest absolute Gasteiger partial charge is 0.490 e. The third-order valence-corrected chi connectivity index (χ3v) is 2.96. The van der Waals surface area contributed by atoms with Gasteiger partial charge in [-0.05, 0) is 12.1 Å². The summed E-state index contributed by atoms with van der Waals surface area (Å²) in [5.41, 5.74) is -0.0530. The number of carbonyl (C=O) groups is 1. The third-order valence-electron chi connectivity index (χ3n) is 2.62. The van der Waals surface area contributed by atoms with E-state index in [9.17, 15) is 14.9 Å². The number of methoxy groups -OCH3 is 1. The van der Waals surface area contributed by atoms with Crippen molar-refractivity contribution in [3.63, 3.8) is 0 Å².